The molecule has 3 nitrogen and oxygen atoms in total. The largest absolute Gasteiger partial charge is 0.494 e. The summed E-state index contributed by atoms with van der Waals surface area (Å²) in [7, 11) is 0. The van der Waals surface area contributed by atoms with Crippen molar-refractivity contribution in [1.82, 2.24) is 0 Å². The van der Waals surface area contributed by atoms with Crippen LogP contribution in [0, 0.1) is 5.92 Å². The molecule has 0 saturated heterocycles. The van der Waals surface area contributed by atoms with Crippen LogP contribution < -0.4 is 10.5 Å². The van der Waals surface area contributed by atoms with E-state index in [4.69, 9.17) is 22.1 Å². The number of ether oxygens (including phenoxy) is 1. The van der Waals surface area contributed by atoms with Crippen LogP contribution in [0.15, 0.2) is 36.4 Å². The molecule has 0 heterocycles. The Morgan fingerprint density at radius 3 is 2.52 bits per heavy atom. The Hall–Kier alpha value is -1.03. The average molecular weight is 340 g/mol. The topological polar surface area (TPSA) is 55.5 Å². The highest BCUT2D eigenvalue weighted by atomic mass is 35.5. The standard InChI is InChI=1S/C19H30ClNO2/c20-18-10-12-19(13-11-18)23-15-7-3-5-9-17(16-22)8-4-1-2-6-14-21/h5,9-13,17,22H,1-4,6-8,14-16,21H2/b9-5-/t17-/m0/s1. The van der Waals surface area contributed by atoms with Crippen molar-refractivity contribution >= 4 is 11.6 Å². The number of unbranched alkanes of at least 4 members (excludes halogenated alkanes) is 4. The molecule has 1 rings (SSSR count). The van der Waals surface area contributed by atoms with Crippen LogP contribution >= 0.6 is 11.6 Å². The number of aliphatic hydroxyl groups excluding tert-OH is 1. The van der Waals surface area contributed by atoms with E-state index in [9.17, 15) is 5.11 Å². The van der Waals surface area contributed by atoms with Crippen LogP contribution in [0.5, 0.6) is 5.75 Å². The predicted molar refractivity (Wildman–Crippen MR) is 98.0 cm³/mol. The summed E-state index contributed by atoms with van der Waals surface area (Å²) >= 11 is 5.83. The molecule has 0 aliphatic heterocycles. The summed E-state index contributed by atoms with van der Waals surface area (Å²) in [5, 5.41) is 10.1. The molecule has 1 aromatic carbocycles. The lowest BCUT2D eigenvalue weighted by atomic mass is 10.0. The molecule has 0 bridgehead atoms. The molecule has 0 amide bonds. The Labute approximate surface area is 145 Å². The van der Waals surface area contributed by atoms with Crippen molar-refractivity contribution in [1.29, 1.82) is 0 Å². The molecule has 0 aliphatic rings. The lowest BCUT2D eigenvalue weighted by Crippen LogP contribution is -2.03. The molecule has 0 aromatic heterocycles. The van der Waals surface area contributed by atoms with Gasteiger partial charge in [0.25, 0.3) is 0 Å². The molecule has 1 atom stereocenters. The van der Waals surface area contributed by atoms with E-state index in [0.29, 0.717) is 6.61 Å². The summed E-state index contributed by atoms with van der Waals surface area (Å²) < 4.78 is 5.64. The van der Waals surface area contributed by atoms with E-state index in [1.54, 1.807) is 0 Å². The number of aliphatic hydroxyl groups is 1. The SMILES string of the molecule is NCCCCCC[C@@H](/C=C\CCCOc1ccc(Cl)cc1)CO. The minimum Gasteiger partial charge on any atom is -0.494 e. The van der Waals surface area contributed by atoms with Gasteiger partial charge in [0, 0.05) is 11.6 Å². The zero-order valence-corrected chi connectivity index (χ0v) is 14.7. The second kappa shape index (κ2) is 13.4. The van der Waals surface area contributed by atoms with Gasteiger partial charge in [-0.15, -0.1) is 0 Å². The molecule has 0 spiro atoms. The lowest BCUT2D eigenvalue weighted by Gasteiger charge is -2.09. The fraction of sp³-hybridized carbons (Fsp3) is 0.579. The average Bonchev–Trinajstić information content (AvgIpc) is 2.57. The molecule has 3 N–H and O–H groups in total. The van der Waals surface area contributed by atoms with Crippen LogP contribution in [0.1, 0.15) is 44.9 Å². The van der Waals surface area contributed by atoms with Gasteiger partial charge >= 0.3 is 0 Å². The molecule has 0 aliphatic carbocycles. The van der Waals surface area contributed by atoms with Gasteiger partial charge < -0.3 is 15.6 Å². The van der Waals surface area contributed by atoms with E-state index in [1.807, 2.05) is 24.3 Å². The minimum absolute atomic E-state index is 0.231. The number of allylic oxidation sites excluding steroid dienone is 1. The molecule has 4 heteroatoms. The number of nitrogens with two attached hydrogens (primary N) is 1. The summed E-state index contributed by atoms with van der Waals surface area (Å²) in [6, 6.07) is 7.42. The molecular formula is C19H30ClNO2. The smallest absolute Gasteiger partial charge is 0.119 e. The summed E-state index contributed by atoms with van der Waals surface area (Å²) in [6.07, 6.45) is 12.0. The molecule has 0 saturated carbocycles. The van der Waals surface area contributed by atoms with Crippen molar-refractivity contribution < 1.29 is 9.84 Å². The van der Waals surface area contributed by atoms with Crippen molar-refractivity contribution in [3.63, 3.8) is 0 Å². The van der Waals surface area contributed by atoms with Crippen LogP contribution in [-0.4, -0.2) is 24.9 Å². The zero-order valence-electron chi connectivity index (χ0n) is 13.9. The third-order valence-corrected chi connectivity index (χ3v) is 4.02. The van der Waals surface area contributed by atoms with Crippen LogP contribution in [-0.2, 0) is 0 Å². The van der Waals surface area contributed by atoms with Crippen molar-refractivity contribution in [3.05, 3.63) is 41.4 Å². The molecule has 130 valence electrons. The quantitative estimate of drug-likeness (QED) is 0.408. The van der Waals surface area contributed by atoms with Gasteiger partial charge in [0.2, 0.25) is 0 Å². The normalized spacial score (nSPS) is 12.7. The Morgan fingerprint density at radius 2 is 1.83 bits per heavy atom. The fourth-order valence-corrected chi connectivity index (χ4v) is 2.49. The fourth-order valence-electron chi connectivity index (χ4n) is 2.36. The van der Waals surface area contributed by atoms with Crippen molar-refractivity contribution in [2.45, 2.75) is 44.9 Å². The maximum atomic E-state index is 9.40. The number of hydrogen-bond acceptors (Lipinski definition) is 3. The van der Waals surface area contributed by atoms with Crippen LogP contribution in [0.25, 0.3) is 0 Å². The van der Waals surface area contributed by atoms with Crippen molar-refractivity contribution in [2.75, 3.05) is 19.8 Å². The Morgan fingerprint density at radius 1 is 1.09 bits per heavy atom. The maximum Gasteiger partial charge on any atom is 0.119 e. The van der Waals surface area contributed by atoms with Gasteiger partial charge in [0.15, 0.2) is 0 Å². The lowest BCUT2D eigenvalue weighted by molar-refractivity contribution is 0.243. The van der Waals surface area contributed by atoms with Gasteiger partial charge in [-0.05, 0) is 62.4 Å². The molecular weight excluding hydrogens is 310 g/mol. The van der Waals surface area contributed by atoms with E-state index in [0.717, 1.165) is 49.4 Å². The first kappa shape index (κ1) is 20.0. The second-order valence-electron chi connectivity index (χ2n) is 5.81. The Balaban J connectivity index is 2.07. The van der Waals surface area contributed by atoms with E-state index < -0.39 is 0 Å². The highest BCUT2D eigenvalue weighted by Crippen LogP contribution is 2.16. The molecule has 1 aromatic rings. The molecule has 23 heavy (non-hydrogen) atoms. The highest BCUT2D eigenvalue weighted by Gasteiger charge is 2.02. The second-order valence-corrected chi connectivity index (χ2v) is 6.24. The van der Waals surface area contributed by atoms with Gasteiger partial charge in [0.05, 0.1) is 6.61 Å². The first-order valence-corrected chi connectivity index (χ1v) is 9.00. The van der Waals surface area contributed by atoms with Crippen LogP contribution in [0.4, 0.5) is 0 Å². The van der Waals surface area contributed by atoms with E-state index in [2.05, 4.69) is 12.2 Å². The van der Waals surface area contributed by atoms with Gasteiger partial charge in [-0.3, -0.25) is 0 Å². The van der Waals surface area contributed by atoms with Crippen molar-refractivity contribution in [2.24, 2.45) is 11.7 Å². The van der Waals surface area contributed by atoms with E-state index in [1.165, 1.54) is 12.8 Å². The zero-order chi connectivity index (χ0) is 16.8. The van der Waals surface area contributed by atoms with Crippen LogP contribution in [0.2, 0.25) is 5.02 Å². The third kappa shape index (κ3) is 10.4. The van der Waals surface area contributed by atoms with Gasteiger partial charge in [-0.25, -0.2) is 0 Å². The molecule has 0 radical (unpaired) electrons. The highest BCUT2D eigenvalue weighted by molar-refractivity contribution is 6.30. The van der Waals surface area contributed by atoms with Gasteiger partial charge in [-0.2, -0.15) is 0 Å². The number of halogens is 1. The van der Waals surface area contributed by atoms with Gasteiger partial charge in [0.1, 0.15) is 5.75 Å². The third-order valence-electron chi connectivity index (χ3n) is 3.77. The predicted octanol–water partition coefficient (Wildman–Crippen LogP) is 4.57. The Kier molecular flexibility index (Phi) is 11.7. The molecule has 0 fully saturated rings. The van der Waals surface area contributed by atoms with Crippen molar-refractivity contribution in [3.8, 4) is 5.75 Å². The van der Waals surface area contributed by atoms with E-state index in [-0.39, 0.29) is 12.5 Å². The minimum atomic E-state index is 0.231. The van der Waals surface area contributed by atoms with Crippen LogP contribution in [0.3, 0.4) is 0 Å². The van der Waals surface area contributed by atoms with Gasteiger partial charge in [-0.1, -0.05) is 43.0 Å². The van der Waals surface area contributed by atoms with E-state index >= 15 is 0 Å². The summed E-state index contributed by atoms with van der Waals surface area (Å²) in [6.45, 7) is 1.70. The number of rotatable bonds is 13. The first-order chi connectivity index (χ1) is 11.3. The monoisotopic (exact) mass is 339 g/mol. The maximum absolute atomic E-state index is 9.40. The summed E-state index contributed by atoms with van der Waals surface area (Å²) in [5.74, 6) is 1.13. The number of hydrogen-bond donors (Lipinski definition) is 2. The molecule has 0 unspecified atom stereocenters. The summed E-state index contributed by atoms with van der Waals surface area (Å²) in [5.41, 5.74) is 5.48. The number of benzene rings is 1. The first-order valence-electron chi connectivity index (χ1n) is 8.62. The summed E-state index contributed by atoms with van der Waals surface area (Å²) in [4.78, 5) is 0. The Bertz CT molecular complexity index is 420.